The lowest BCUT2D eigenvalue weighted by molar-refractivity contribution is 0.0674. The molecule has 0 saturated heterocycles. The third kappa shape index (κ3) is 2.25. The number of rotatable bonds is 3. The topological polar surface area (TPSA) is 37.4 Å². The van der Waals surface area contributed by atoms with Crippen molar-refractivity contribution in [2.24, 2.45) is 0 Å². The summed E-state index contributed by atoms with van der Waals surface area (Å²) in [6.45, 7) is -0.0765. The first-order valence-electron chi connectivity index (χ1n) is 6.52. The molecule has 0 N–H and O–H groups in total. The highest BCUT2D eigenvalue weighted by Crippen LogP contribution is 2.25. The van der Waals surface area contributed by atoms with E-state index in [1.54, 1.807) is 48.5 Å². The van der Waals surface area contributed by atoms with Gasteiger partial charge in [-0.25, -0.2) is 4.39 Å². The molecule has 3 nitrogen and oxygen atoms in total. The van der Waals surface area contributed by atoms with Crippen LogP contribution in [-0.4, -0.2) is 23.3 Å². The van der Waals surface area contributed by atoms with Crippen LogP contribution in [0, 0.1) is 0 Å². The fourth-order valence-electron chi connectivity index (χ4n) is 2.39. The monoisotopic (exact) mass is 281 g/mol. The Balaban J connectivity index is 1.90. The van der Waals surface area contributed by atoms with E-state index >= 15 is 0 Å². The number of fused-ring (bicyclic) bond motifs is 1. The second-order valence-electron chi connectivity index (χ2n) is 4.74. The van der Waals surface area contributed by atoms with Crippen LogP contribution in [0.15, 0.2) is 60.9 Å². The van der Waals surface area contributed by atoms with Gasteiger partial charge in [0.25, 0.3) is 11.8 Å². The molecular formula is C17H12FNO2. The Bertz CT molecular complexity index is 702. The zero-order valence-electron chi connectivity index (χ0n) is 11.1. The number of carbonyl (C=O) groups excluding carboxylic acids is 2. The molecule has 104 valence electrons. The van der Waals surface area contributed by atoms with Crippen molar-refractivity contribution in [3.8, 4) is 0 Å². The minimum absolute atomic E-state index is 0.0765. The zero-order chi connectivity index (χ0) is 14.8. The van der Waals surface area contributed by atoms with Gasteiger partial charge < -0.3 is 0 Å². The van der Waals surface area contributed by atoms with Crippen LogP contribution in [0.25, 0.3) is 5.57 Å². The van der Waals surface area contributed by atoms with E-state index in [9.17, 15) is 14.0 Å². The molecule has 0 aliphatic carbocycles. The predicted molar refractivity (Wildman–Crippen MR) is 77.3 cm³/mol. The standard InChI is InChI=1S/C17H12FNO2/c18-10-13(12-6-2-1-3-7-12)11-19-16(20)14-8-4-5-9-15(14)17(19)21/h1-10H,11H2/b13-10+. The number of hydrogen-bond acceptors (Lipinski definition) is 2. The van der Waals surface area contributed by atoms with Gasteiger partial charge in [0.15, 0.2) is 0 Å². The molecule has 3 rings (SSSR count). The molecule has 21 heavy (non-hydrogen) atoms. The van der Waals surface area contributed by atoms with Crippen molar-refractivity contribution in [2.75, 3.05) is 6.54 Å². The van der Waals surface area contributed by atoms with E-state index in [0.717, 1.165) is 4.90 Å². The van der Waals surface area contributed by atoms with Crippen LogP contribution in [0.5, 0.6) is 0 Å². The molecule has 0 unspecified atom stereocenters. The Morgan fingerprint density at radius 3 is 1.95 bits per heavy atom. The van der Waals surface area contributed by atoms with Gasteiger partial charge in [-0.15, -0.1) is 0 Å². The number of carbonyl (C=O) groups is 2. The van der Waals surface area contributed by atoms with Crippen molar-refractivity contribution in [2.45, 2.75) is 0 Å². The SMILES string of the molecule is O=C1c2ccccc2C(=O)N1C/C(=C\F)c1ccccc1. The first kappa shape index (κ1) is 13.2. The van der Waals surface area contributed by atoms with E-state index in [2.05, 4.69) is 0 Å². The quantitative estimate of drug-likeness (QED) is 0.809. The first-order chi connectivity index (χ1) is 10.2. The van der Waals surface area contributed by atoms with E-state index < -0.39 is 0 Å². The van der Waals surface area contributed by atoms with Crippen LogP contribution >= 0.6 is 0 Å². The third-order valence-electron chi connectivity index (χ3n) is 3.48. The average Bonchev–Trinajstić information content (AvgIpc) is 2.78. The molecule has 4 heteroatoms. The van der Waals surface area contributed by atoms with Gasteiger partial charge in [0.05, 0.1) is 24.0 Å². The number of benzene rings is 2. The fourth-order valence-corrected chi connectivity index (χ4v) is 2.39. The maximum Gasteiger partial charge on any atom is 0.261 e. The molecular weight excluding hydrogens is 269 g/mol. The number of hydrogen-bond donors (Lipinski definition) is 0. The summed E-state index contributed by atoms with van der Waals surface area (Å²) in [5, 5.41) is 0. The van der Waals surface area contributed by atoms with Crippen LogP contribution < -0.4 is 0 Å². The molecule has 0 spiro atoms. The number of nitrogens with zero attached hydrogens (tertiary/aromatic N) is 1. The smallest absolute Gasteiger partial charge is 0.261 e. The molecule has 1 heterocycles. The predicted octanol–water partition coefficient (Wildman–Crippen LogP) is 3.29. The highest BCUT2D eigenvalue weighted by molar-refractivity contribution is 6.21. The average molecular weight is 281 g/mol. The van der Waals surface area contributed by atoms with E-state index in [4.69, 9.17) is 0 Å². The summed E-state index contributed by atoms with van der Waals surface area (Å²) >= 11 is 0. The Morgan fingerprint density at radius 1 is 0.905 bits per heavy atom. The van der Waals surface area contributed by atoms with Crippen LogP contribution in [0.3, 0.4) is 0 Å². The third-order valence-corrected chi connectivity index (χ3v) is 3.48. The number of imide groups is 1. The first-order valence-corrected chi connectivity index (χ1v) is 6.52. The van der Waals surface area contributed by atoms with Gasteiger partial charge in [-0.3, -0.25) is 14.5 Å². The van der Waals surface area contributed by atoms with Crippen molar-refractivity contribution >= 4 is 17.4 Å². The molecule has 2 amide bonds. The van der Waals surface area contributed by atoms with Gasteiger partial charge >= 0.3 is 0 Å². The van der Waals surface area contributed by atoms with Gasteiger partial charge in [-0.2, -0.15) is 0 Å². The van der Waals surface area contributed by atoms with E-state index in [1.165, 1.54) is 0 Å². The second kappa shape index (κ2) is 5.32. The lowest BCUT2D eigenvalue weighted by atomic mass is 10.1. The molecule has 0 saturated carbocycles. The maximum absolute atomic E-state index is 13.2. The fraction of sp³-hybridized carbons (Fsp3) is 0.0588. The molecule has 0 aromatic heterocycles. The van der Waals surface area contributed by atoms with E-state index in [0.29, 0.717) is 28.6 Å². The highest BCUT2D eigenvalue weighted by Gasteiger charge is 2.35. The molecule has 2 aromatic rings. The lowest BCUT2D eigenvalue weighted by Crippen LogP contribution is -2.31. The number of halogens is 1. The summed E-state index contributed by atoms with van der Waals surface area (Å²) in [7, 11) is 0. The van der Waals surface area contributed by atoms with Gasteiger partial charge in [0.2, 0.25) is 0 Å². The molecule has 2 aromatic carbocycles. The number of amides is 2. The molecule has 0 bridgehead atoms. The summed E-state index contributed by atoms with van der Waals surface area (Å²) in [4.78, 5) is 25.6. The van der Waals surface area contributed by atoms with Crippen LogP contribution in [0.1, 0.15) is 26.3 Å². The van der Waals surface area contributed by atoms with Crippen molar-refractivity contribution in [3.63, 3.8) is 0 Å². The van der Waals surface area contributed by atoms with Crippen molar-refractivity contribution < 1.29 is 14.0 Å². The van der Waals surface area contributed by atoms with Gasteiger partial charge in [-0.1, -0.05) is 42.5 Å². The molecule has 0 atom stereocenters. The maximum atomic E-state index is 13.2. The zero-order valence-corrected chi connectivity index (χ0v) is 11.1. The van der Waals surface area contributed by atoms with E-state index in [-0.39, 0.29) is 18.4 Å². The minimum atomic E-state index is -0.383. The molecule has 1 aliphatic heterocycles. The van der Waals surface area contributed by atoms with Gasteiger partial charge in [0, 0.05) is 5.57 Å². The van der Waals surface area contributed by atoms with Crippen molar-refractivity contribution in [1.82, 2.24) is 4.90 Å². The second-order valence-corrected chi connectivity index (χ2v) is 4.74. The summed E-state index contributed by atoms with van der Waals surface area (Å²) in [6.07, 6.45) is 0.443. The summed E-state index contributed by atoms with van der Waals surface area (Å²) < 4.78 is 13.2. The Kier molecular flexibility index (Phi) is 3.36. The van der Waals surface area contributed by atoms with Crippen LogP contribution in [0.2, 0.25) is 0 Å². The molecule has 0 fully saturated rings. The summed E-state index contributed by atoms with van der Waals surface area (Å²) in [6, 6.07) is 15.5. The summed E-state index contributed by atoms with van der Waals surface area (Å²) in [5.41, 5.74) is 1.68. The van der Waals surface area contributed by atoms with Crippen molar-refractivity contribution in [1.29, 1.82) is 0 Å². The lowest BCUT2D eigenvalue weighted by Gasteiger charge is -2.15. The minimum Gasteiger partial charge on any atom is -0.270 e. The Hall–Kier alpha value is -2.75. The van der Waals surface area contributed by atoms with Crippen LogP contribution in [-0.2, 0) is 0 Å². The van der Waals surface area contributed by atoms with Gasteiger partial charge in [-0.05, 0) is 17.7 Å². The van der Waals surface area contributed by atoms with E-state index in [1.807, 2.05) is 6.07 Å². The van der Waals surface area contributed by atoms with Gasteiger partial charge in [0.1, 0.15) is 0 Å². The van der Waals surface area contributed by atoms with Crippen molar-refractivity contribution in [3.05, 3.63) is 77.6 Å². The van der Waals surface area contributed by atoms with Crippen LogP contribution in [0.4, 0.5) is 4.39 Å². The molecule has 1 aliphatic rings. The Morgan fingerprint density at radius 2 is 1.43 bits per heavy atom. The summed E-state index contributed by atoms with van der Waals surface area (Å²) in [5.74, 6) is -0.767. The highest BCUT2D eigenvalue weighted by atomic mass is 19.1. The largest absolute Gasteiger partial charge is 0.270 e. The molecule has 0 radical (unpaired) electrons. The Labute approximate surface area is 121 Å². The normalized spacial score (nSPS) is 14.5.